The molecule has 0 aliphatic heterocycles. The zero-order valence-corrected chi connectivity index (χ0v) is 10.7. The van der Waals surface area contributed by atoms with E-state index in [4.69, 9.17) is 4.74 Å². The number of methoxy groups -OCH3 is 1. The van der Waals surface area contributed by atoms with Crippen LogP contribution in [0.3, 0.4) is 0 Å². The van der Waals surface area contributed by atoms with Crippen LogP contribution in [-0.2, 0) is 11.2 Å². The number of aliphatic imine (C=N–C) groups is 1. The van der Waals surface area contributed by atoms with E-state index in [2.05, 4.69) is 31.0 Å². The molecule has 0 heterocycles. The van der Waals surface area contributed by atoms with Crippen molar-refractivity contribution in [3.63, 3.8) is 0 Å². The number of aryl methyl sites for hydroxylation is 1. The molecular weight excluding hydrogens is 214 g/mol. The molecule has 1 aromatic rings. The molecule has 0 N–H and O–H groups in total. The molecule has 17 heavy (non-hydrogen) atoms. The maximum Gasteiger partial charge on any atom is 0.234 e. The van der Waals surface area contributed by atoms with Crippen molar-refractivity contribution in [3.05, 3.63) is 29.3 Å². The fraction of sp³-hybridized carbons (Fsp3) is 0.500. The maximum absolute atomic E-state index is 9.93. The van der Waals surface area contributed by atoms with Crippen LogP contribution in [-0.4, -0.2) is 19.7 Å². The molecule has 3 heteroatoms. The Morgan fingerprint density at radius 1 is 1.41 bits per heavy atom. The Morgan fingerprint density at radius 2 is 2.18 bits per heavy atom. The van der Waals surface area contributed by atoms with Crippen molar-refractivity contribution in [2.45, 2.75) is 32.6 Å². The Labute approximate surface area is 103 Å². The standard InChI is InChI=1S/C14H19NO2/c1-11(2)13-9-12(5-4-8-15-10-16)6-7-14(13)17-3/h6-7,9,11H,4-5,8H2,1-3H3. The minimum atomic E-state index is 0.442. The van der Waals surface area contributed by atoms with E-state index < -0.39 is 0 Å². The average Bonchev–Trinajstić information content (AvgIpc) is 2.34. The van der Waals surface area contributed by atoms with Gasteiger partial charge in [0.25, 0.3) is 0 Å². The lowest BCUT2D eigenvalue weighted by Gasteiger charge is -2.13. The lowest BCUT2D eigenvalue weighted by Crippen LogP contribution is -1.97. The molecular formula is C14H19NO2. The second-order valence-electron chi connectivity index (χ2n) is 4.31. The molecule has 0 amide bonds. The normalized spacial score (nSPS) is 10.1. The number of nitrogens with zero attached hydrogens (tertiary/aromatic N) is 1. The third kappa shape index (κ3) is 4.04. The van der Waals surface area contributed by atoms with E-state index in [1.165, 1.54) is 11.1 Å². The van der Waals surface area contributed by atoms with Gasteiger partial charge >= 0.3 is 0 Å². The molecule has 0 atom stereocenters. The molecule has 0 fully saturated rings. The van der Waals surface area contributed by atoms with Gasteiger partial charge in [0, 0.05) is 0 Å². The largest absolute Gasteiger partial charge is 0.496 e. The van der Waals surface area contributed by atoms with Gasteiger partial charge in [-0.3, -0.25) is 0 Å². The second kappa shape index (κ2) is 6.87. The Kier molecular flexibility index (Phi) is 5.44. The number of carbonyl (C=O) groups excluding carboxylic acids is 1. The average molecular weight is 233 g/mol. The monoisotopic (exact) mass is 233 g/mol. The maximum atomic E-state index is 9.93. The summed E-state index contributed by atoms with van der Waals surface area (Å²) in [6.07, 6.45) is 3.36. The van der Waals surface area contributed by atoms with E-state index >= 15 is 0 Å². The van der Waals surface area contributed by atoms with Crippen molar-refractivity contribution < 1.29 is 9.53 Å². The number of hydrogen-bond acceptors (Lipinski definition) is 3. The molecule has 0 bridgehead atoms. The zero-order chi connectivity index (χ0) is 12.7. The number of rotatable bonds is 6. The van der Waals surface area contributed by atoms with Gasteiger partial charge in [0.2, 0.25) is 6.08 Å². The highest BCUT2D eigenvalue weighted by Gasteiger charge is 2.07. The van der Waals surface area contributed by atoms with Gasteiger partial charge in [-0.15, -0.1) is 0 Å². The number of ether oxygens (including phenoxy) is 1. The summed E-state index contributed by atoms with van der Waals surface area (Å²) < 4.78 is 5.33. The van der Waals surface area contributed by atoms with Crippen LogP contribution in [0.5, 0.6) is 5.75 Å². The summed E-state index contributed by atoms with van der Waals surface area (Å²) in [5.41, 5.74) is 2.49. The van der Waals surface area contributed by atoms with Crippen LogP contribution in [0.2, 0.25) is 0 Å². The van der Waals surface area contributed by atoms with Crippen LogP contribution in [0.15, 0.2) is 23.2 Å². The summed E-state index contributed by atoms with van der Waals surface area (Å²) in [6, 6.07) is 6.25. The lowest BCUT2D eigenvalue weighted by molar-refractivity contribution is 0.407. The lowest BCUT2D eigenvalue weighted by atomic mass is 9.98. The van der Waals surface area contributed by atoms with E-state index in [0.29, 0.717) is 12.5 Å². The molecule has 0 aliphatic carbocycles. The summed E-state index contributed by atoms with van der Waals surface area (Å²) in [5.74, 6) is 1.38. The number of benzene rings is 1. The van der Waals surface area contributed by atoms with Crippen molar-refractivity contribution in [3.8, 4) is 5.75 Å². The quantitative estimate of drug-likeness (QED) is 0.430. The Morgan fingerprint density at radius 3 is 2.76 bits per heavy atom. The minimum absolute atomic E-state index is 0.442. The van der Waals surface area contributed by atoms with Gasteiger partial charge in [-0.25, -0.2) is 9.79 Å². The number of isocyanates is 1. The van der Waals surface area contributed by atoms with Gasteiger partial charge in [-0.05, 0) is 36.0 Å². The number of hydrogen-bond donors (Lipinski definition) is 0. The fourth-order valence-corrected chi connectivity index (χ4v) is 1.80. The predicted molar refractivity (Wildman–Crippen MR) is 68.4 cm³/mol. The van der Waals surface area contributed by atoms with Crippen molar-refractivity contribution in [1.82, 2.24) is 0 Å². The van der Waals surface area contributed by atoms with Gasteiger partial charge in [0.15, 0.2) is 0 Å². The minimum Gasteiger partial charge on any atom is -0.496 e. The first-order valence-corrected chi connectivity index (χ1v) is 5.89. The van der Waals surface area contributed by atoms with Crippen LogP contribution < -0.4 is 4.74 Å². The van der Waals surface area contributed by atoms with E-state index in [1.807, 2.05) is 6.07 Å². The Bertz CT molecular complexity index is 407. The van der Waals surface area contributed by atoms with E-state index in [-0.39, 0.29) is 0 Å². The summed E-state index contributed by atoms with van der Waals surface area (Å²) in [7, 11) is 1.69. The van der Waals surface area contributed by atoms with Crippen LogP contribution in [0.25, 0.3) is 0 Å². The van der Waals surface area contributed by atoms with Crippen LogP contribution in [0, 0.1) is 0 Å². The summed E-state index contributed by atoms with van der Waals surface area (Å²) in [4.78, 5) is 13.5. The molecule has 92 valence electrons. The molecule has 3 nitrogen and oxygen atoms in total. The van der Waals surface area contributed by atoms with Gasteiger partial charge < -0.3 is 4.74 Å². The van der Waals surface area contributed by atoms with E-state index in [1.54, 1.807) is 13.2 Å². The summed E-state index contributed by atoms with van der Waals surface area (Å²) in [6.45, 7) is 4.85. The van der Waals surface area contributed by atoms with Crippen molar-refractivity contribution in [2.75, 3.05) is 13.7 Å². The fourth-order valence-electron chi connectivity index (χ4n) is 1.80. The molecule has 0 aromatic heterocycles. The molecule has 1 aromatic carbocycles. The second-order valence-corrected chi connectivity index (χ2v) is 4.31. The molecule has 0 unspecified atom stereocenters. The van der Waals surface area contributed by atoms with Crippen LogP contribution in [0.4, 0.5) is 0 Å². The van der Waals surface area contributed by atoms with Crippen LogP contribution in [0.1, 0.15) is 37.3 Å². The third-order valence-electron chi connectivity index (χ3n) is 2.72. The van der Waals surface area contributed by atoms with Crippen molar-refractivity contribution in [2.24, 2.45) is 4.99 Å². The molecule has 0 saturated heterocycles. The van der Waals surface area contributed by atoms with Crippen LogP contribution >= 0.6 is 0 Å². The molecule has 0 aliphatic rings. The molecule has 1 rings (SSSR count). The zero-order valence-electron chi connectivity index (χ0n) is 10.7. The van der Waals surface area contributed by atoms with Crippen molar-refractivity contribution >= 4 is 6.08 Å². The molecule has 0 spiro atoms. The van der Waals surface area contributed by atoms with Gasteiger partial charge in [0.1, 0.15) is 5.75 Å². The first-order chi connectivity index (χ1) is 8.19. The van der Waals surface area contributed by atoms with Gasteiger partial charge in [-0.1, -0.05) is 26.0 Å². The van der Waals surface area contributed by atoms with Gasteiger partial charge in [-0.2, -0.15) is 0 Å². The Balaban J connectivity index is 2.74. The highest BCUT2D eigenvalue weighted by atomic mass is 16.5. The third-order valence-corrected chi connectivity index (χ3v) is 2.72. The predicted octanol–water partition coefficient (Wildman–Crippen LogP) is 3.09. The first kappa shape index (κ1) is 13.5. The van der Waals surface area contributed by atoms with Crippen molar-refractivity contribution in [1.29, 1.82) is 0 Å². The van der Waals surface area contributed by atoms with E-state index in [9.17, 15) is 4.79 Å². The summed E-state index contributed by atoms with van der Waals surface area (Å²) in [5, 5.41) is 0. The highest BCUT2D eigenvalue weighted by Crippen LogP contribution is 2.27. The smallest absolute Gasteiger partial charge is 0.234 e. The first-order valence-electron chi connectivity index (χ1n) is 5.89. The topological polar surface area (TPSA) is 38.7 Å². The molecule has 0 saturated carbocycles. The molecule has 0 radical (unpaired) electrons. The Hall–Kier alpha value is -1.60. The van der Waals surface area contributed by atoms with Gasteiger partial charge in [0.05, 0.1) is 13.7 Å². The van der Waals surface area contributed by atoms with E-state index in [0.717, 1.165) is 18.6 Å². The SMILES string of the molecule is COc1ccc(CCCN=C=O)cc1C(C)C. The summed E-state index contributed by atoms with van der Waals surface area (Å²) >= 11 is 0. The highest BCUT2D eigenvalue weighted by molar-refractivity contribution is 5.39.